The van der Waals surface area contributed by atoms with Crippen LogP contribution in [0.3, 0.4) is 0 Å². The standard InChI is InChI=1S/C22H18ClFO4S/c1-14-6-9-17(10-7-14)29(25,26)27-13-16-12-15-8-11-20(24)21(22(15)28-16)18-4-2-3-5-19(18)23/h2-11,16H,12-13H2,1H3. The monoisotopic (exact) mass is 432 g/mol. The Morgan fingerprint density at radius 1 is 1.10 bits per heavy atom. The summed E-state index contributed by atoms with van der Waals surface area (Å²) in [6.45, 7) is 1.70. The van der Waals surface area contributed by atoms with Crippen molar-refractivity contribution in [1.82, 2.24) is 0 Å². The number of rotatable bonds is 5. The molecule has 1 aliphatic rings. The molecular weight excluding hydrogens is 415 g/mol. The van der Waals surface area contributed by atoms with Crippen LogP contribution in [-0.4, -0.2) is 21.1 Å². The Morgan fingerprint density at radius 2 is 1.83 bits per heavy atom. The van der Waals surface area contributed by atoms with Gasteiger partial charge in [-0.05, 0) is 36.8 Å². The Bertz CT molecular complexity index is 1160. The molecule has 1 heterocycles. The van der Waals surface area contributed by atoms with E-state index in [1.165, 1.54) is 18.2 Å². The third-order valence-corrected chi connectivity index (χ3v) is 6.41. The van der Waals surface area contributed by atoms with Crippen LogP contribution < -0.4 is 4.74 Å². The summed E-state index contributed by atoms with van der Waals surface area (Å²) >= 11 is 6.24. The minimum absolute atomic E-state index is 0.0846. The Morgan fingerprint density at radius 3 is 2.55 bits per heavy atom. The van der Waals surface area contributed by atoms with Crippen molar-refractivity contribution in [3.63, 3.8) is 0 Å². The number of benzene rings is 3. The van der Waals surface area contributed by atoms with Gasteiger partial charge in [0.1, 0.15) is 24.3 Å². The number of fused-ring (bicyclic) bond motifs is 1. The van der Waals surface area contributed by atoms with Crippen molar-refractivity contribution < 1.29 is 21.7 Å². The zero-order valence-electron chi connectivity index (χ0n) is 15.6. The summed E-state index contributed by atoms with van der Waals surface area (Å²) < 4.78 is 50.5. The van der Waals surface area contributed by atoms with Crippen molar-refractivity contribution in [2.24, 2.45) is 0 Å². The first kappa shape index (κ1) is 19.9. The van der Waals surface area contributed by atoms with Crippen LogP contribution in [0.25, 0.3) is 11.1 Å². The quantitative estimate of drug-likeness (QED) is 0.522. The van der Waals surface area contributed by atoms with Gasteiger partial charge in [-0.25, -0.2) is 4.39 Å². The highest BCUT2D eigenvalue weighted by molar-refractivity contribution is 7.86. The lowest BCUT2D eigenvalue weighted by atomic mass is 10.00. The van der Waals surface area contributed by atoms with Gasteiger partial charge < -0.3 is 4.74 Å². The van der Waals surface area contributed by atoms with Crippen molar-refractivity contribution in [3.05, 3.63) is 82.6 Å². The number of ether oxygens (including phenoxy) is 1. The lowest BCUT2D eigenvalue weighted by molar-refractivity contribution is 0.152. The third kappa shape index (κ3) is 4.01. The van der Waals surface area contributed by atoms with Crippen molar-refractivity contribution in [3.8, 4) is 16.9 Å². The molecule has 0 fully saturated rings. The Hall–Kier alpha value is -2.41. The van der Waals surface area contributed by atoms with E-state index in [9.17, 15) is 12.8 Å². The number of hydrogen-bond acceptors (Lipinski definition) is 4. The maximum Gasteiger partial charge on any atom is 0.297 e. The van der Waals surface area contributed by atoms with Gasteiger partial charge in [0.2, 0.25) is 0 Å². The molecule has 0 spiro atoms. The molecule has 0 N–H and O–H groups in total. The topological polar surface area (TPSA) is 52.6 Å². The van der Waals surface area contributed by atoms with Gasteiger partial charge in [0.15, 0.2) is 0 Å². The number of hydrogen-bond donors (Lipinski definition) is 0. The lowest BCUT2D eigenvalue weighted by Crippen LogP contribution is -2.23. The molecular formula is C22H18ClFO4S. The molecule has 0 saturated heterocycles. The zero-order chi connectivity index (χ0) is 20.6. The van der Waals surface area contributed by atoms with E-state index in [0.29, 0.717) is 22.8 Å². The summed E-state index contributed by atoms with van der Waals surface area (Å²) in [4.78, 5) is 0.0846. The molecule has 0 amide bonds. The molecule has 4 nitrogen and oxygen atoms in total. The van der Waals surface area contributed by atoms with Crippen LogP contribution in [0.5, 0.6) is 5.75 Å². The van der Waals surface area contributed by atoms with Gasteiger partial charge in [0, 0.05) is 17.0 Å². The molecule has 0 radical (unpaired) electrons. The maximum absolute atomic E-state index is 14.6. The first-order chi connectivity index (χ1) is 13.8. The largest absolute Gasteiger partial charge is 0.487 e. The summed E-state index contributed by atoms with van der Waals surface area (Å²) in [7, 11) is -3.90. The Labute approximate surface area is 174 Å². The SMILES string of the molecule is Cc1ccc(S(=O)(=O)OCC2Cc3ccc(F)c(-c4ccccc4Cl)c3O2)cc1. The van der Waals surface area contributed by atoms with E-state index < -0.39 is 22.0 Å². The second-order valence-electron chi connectivity index (χ2n) is 6.89. The zero-order valence-corrected chi connectivity index (χ0v) is 17.1. The second-order valence-corrected chi connectivity index (χ2v) is 8.91. The molecule has 4 rings (SSSR count). The molecule has 0 saturated carbocycles. The Kier molecular flexibility index (Phi) is 5.34. The molecule has 0 bridgehead atoms. The average Bonchev–Trinajstić information content (AvgIpc) is 3.11. The first-order valence-electron chi connectivity index (χ1n) is 9.04. The van der Waals surface area contributed by atoms with Gasteiger partial charge >= 0.3 is 0 Å². The third-order valence-electron chi connectivity index (χ3n) is 4.78. The summed E-state index contributed by atoms with van der Waals surface area (Å²) in [5.41, 5.74) is 2.53. The van der Waals surface area contributed by atoms with E-state index in [2.05, 4.69) is 0 Å². The normalized spacial score (nSPS) is 15.8. The molecule has 7 heteroatoms. The fraction of sp³-hybridized carbons (Fsp3) is 0.182. The van der Waals surface area contributed by atoms with E-state index in [1.807, 2.05) is 6.92 Å². The van der Waals surface area contributed by atoms with Crippen molar-refractivity contribution in [2.45, 2.75) is 24.3 Å². The molecule has 150 valence electrons. The summed E-state index contributed by atoms with van der Waals surface area (Å²) in [5.74, 6) is -0.0786. The Balaban J connectivity index is 1.55. The highest BCUT2D eigenvalue weighted by Gasteiger charge is 2.30. The van der Waals surface area contributed by atoms with Gasteiger partial charge in [0.05, 0.1) is 10.5 Å². The van der Waals surface area contributed by atoms with Crippen LogP contribution in [0.2, 0.25) is 5.02 Å². The van der Waals surface area contributed by atoms with Crippen LogP contribution in [0, 0.1) is 12.7 Å². The summed E-state index contributed by atoms with van der Waals surface area (Å²) in [6, 6.07) is 16.3. The predicted molar refractivity (Wildman–Crippen MR) is 109 cm³/mol. The van der Waals surface area contributed by atoms with Gasteiger partial charge in [-0.2, -0.15) is 8.42 Å². The smallest absolute Gasteiger partial charge is 0.297 e. The molecule has 3 aromatic carbocycles. The molecule has 1 aliphatic heterocycles. The van der Waals surface area contributed by atoms with E-state index in [-0.39, 0.29) is 17.1 Å². The molecule has 1 atom stereocenters. The molecule has 0 aromatic heterocycles. The van der Waals surface area contributed by atoms with Crippen molar-refractivity contribution >= 4 is 21.7 Å². The fourth-order valence-corrected chi connectivity index (χ4v) is 4.46. The number of aryl methyl sites for hydroxylation is 1. The van der Waals surface area contributed by atoms with Crippen molar-refractivity contribution in [2.75, 3.05) is 6.61 Å². The minimum atomic E-state index is -3.90. The predicted octanol–water partition coefficient (Wildman–Crippen LogP) is 5.16. The van der Waals surface area contributed by atoms with E-state index >= 15 is 0 Å². The second kappa shape index (κ2) is 7.78. The van der Waals surface area contributed by atoms with Gasteiger partial charge in [-0.1, -0.05) is 53.6 Å². The number of halogens is 2. The van der Waals surface area contributed by atoms with E-state index in [1.54, 1.807) is 42.5 Å². The first-order valence-corrected chi connectivity index (χ1v) is 10.8. The maximum atomic E-state index is 14.6. The highest BCUT2D eigenvalue weighted by Crippen LogP contribution is 2.43. The van der Waals surface area contributed by atoms with Crippen LogP contribution >= 0.6 is 11.6 Å². The molecule has 3 aromatic rings. The molecule has 1 unspecified atom stereocenters. The van der Waals surface area contributed by atoms with Crippen LogP contribution in [0.15, 0.2) is 65.6 Å². The van der Waals surface area contributed by atoms with E-state index in [4.69, 9.17) is 20.5 Å². The van der Waals surface area contributed by atoms with Crippen LogP contribution in [0.4, 0.5) is 4.39 Å². The summed E-state index contributed by atoms with van der Waals surface area (Å²) in [6.07, 6.45) is -0.135. The van der Waals surface area contributed by atoms with Gasteiger partial charge in [-0.3, -0.25) is 4.18 Å². The van der Waals surface area contributed by atoms with Gasteiger partial charge in [0.25, 0.3) is 10.1 Å². The lowest BCUT2D eigenvalue weighted by Gasteiger charge is -2.14. The minimum Gasteiger partial charge on any atom is -0.487 e. The van der Waals surface area contributed by atoms with Gasteiger partial charge in [-0.15, -0.1) is 0 Å². The fourth-order valence-electron chi connectivity index (χ4n) is 3.30. The van der Waals surface area contributed by atoms with E-state index in [0.717, 1.165) is 11.1 Å². The average molecular weight is 433 g/mol. The summed E-state index contributed by atoms with van der Waals surface area (Å²) in [5, 5.41) is 0.407. The molecule has 0 aliphatic carbocycles. The highest BCUT2D eigenvalue weighted by atomic mass is 35.5. The van der Waals surface area contributed by atoms with Crippen LogP contribution in [0.1, 0.15) is 11.1 Å². The van der Waals surface area contributed by atoms with Crippen LogP contribution in [-0.2, 0) is 20.7 Å². The molecule has 29 heavy (non-hydrogen) atoms. The van der Waals surface area contributed by atoms with Crippen molar-refractivity contribution in [1.29, 1.82) is 0 Å².